The number of aliphatic hydroxyl groups excluding tert-OH is 1. The van der Waals surface area contributed by atoms with Crippen molar-refractivity contribution in [2.24, 2.45) is 0 Å². The van der Waals surface area contributed by atoms with Gasteiger partial charge >= 0.3 is 0 Å². The van der Waals surface area contributed by atoms with Crippen molar-refractivity contribution >= 4 is 17.3 Å². The van der Waals surface area contributed by atoms with E-state index in [9.17, 15) is 4.39 Å². The van der Waals surface area contributed by atoms with Crippen molar-refractivity contribution in [2.75, 3.05) is 32.2 Å². The minimum atomic E-state index is -0.311. The second-order valence-electron chi connectivity index (χ2n) is 5.16. The fourth-order valence-corrected chi connectivity index (χ4v) is 2.57. The van der Waals surface area contributed by atoms with Crippen molar-refractivity contribution in [3.05, 3.63) is 53.3 Å². The molecule has 3 rings (SSSR count). The molecule has 2 aromatic rings. The summed E-state index contributed by atoms with van der Waals surface area (Å²) >= 11 is 0. The fraction of sp³-hybridized carbons (Fsp3) is 0.222. The maximum atomic E-state index is 14.2. The van der Waals surface area contributed by atoms with Crippen LogP contribution < -0.4 is 14.8 Å². The highest BCUT2D eigenvalue weighted by atomic mass is 19.1. The van der Waals surface area contributed by atoms with Gasteiger partial charge in [-0.15, -0.1) is 0 Å². The molecule has 0 unspecified atom stereocenters. The van der Waals surface area contributed by atoms with Gasteiger partial charge in [0.05, 0.1) is 19.4 Å². The highest BCUT2D eigenvalue weighted by Gasteiger charge is 2.19. The van der Waals surface area contributed by atoms with Gasteiger partial charge in [-0.3, -0.25) is 0 Å². The molecule has 0 fully saturated rings. The Hall–Kier alpha value is -2.53. The third-order valence-electron chi connectivity index (χ3n) is 3.74. The summed E-state index contributed by atoms with van der Waals surface area (Å²) in [7, 11) is 1.62. The number of methoxy groups -OCH3 is 1. The lowest BCUT2D eigenvalue weighted by Crippen LogP contribution is -2.13. The summed E-state index contributed by atoms with van der Waals surface area (Å²) in [6, 6.07) is 10.6. The predicted molar refractivity (Wildman–Crippen MR) is 88.3 cm³/mol. The van der Waals surface area contributed by atoms with Crippen molar-refractivity contribution in [2.45, 2.75) is 0 Å². The van der Waals surface area contributed by atoms with Crippen LogP contribution in [-0.4, -0.2) is 32.0 Å². The van der Waals surface area contributed by atoms with Gasteiger partial charge in [-0.1, -0.05) is 12.1 Å². The molecular formula is C18H18FNO3. The van der Waals surface area contributed by atoms with E-state index in [0.717, 1.165) is 16.9 Å². The van der Waals surface area contributed by atoms with Gasteiger partial charge in [0.15, 0.2) is 0 Å². The van der Waals surface area contributed by atoms with Crippen LogP contribution in [0.2, 0.25) is 0 Å². The first-order valence-corrected chi connectivity index (χ1v) is 7.38. The molecule has 0 atom stereocenters. The lowest BCUT2D eigenvalue weighted by atomic mass is 9.97. The van der Waals surface area contributed by atoms with Crippen LogP contribution in [-0.2, 0) is 0 Å². The van der Waals surface area contributed by atoms with Gasteiger partial charge < -0.3 is 19.9 Å². The van der Waals surface area contributed by atoms with E-state index >= 15 is 0 Å². The molecule has 0 spiro atoms. The smallest absolute Gasteiger partial charge is 0.143 e. The van der Waals surface area contributed by atoms with E-state index in [1.807, 2.05) is 30.3 Å². The minimum Gasteiger partial charge on any atom is -0.497 e. The predicted octanol–water partition coefficient (Wildman–Crippen LogP) is 3.17. The maximum absolute atomic E-state index is 14.2. The number of fused-ring (bicyclic) bond motifs is 1. The molecule has 5 heteroatoms. The van der Waals surface area contributed by atoms with E-state index in [1.165, 1.54) is 6.07 Å². The molecule has 2 N–H and O–H groups in total. The average Bonchev–Trinajstić information content (AvgIpc) is 2.61. The number of hydrogen-bond donors (Lipinski definition) is 2. The molecule has 1 aliphatic rings. The number of ether oxygens (including phenoxy) is 2. The third kappa shape index (κ3) is 3.14. The molecule has 1 heterocycles. The Kier molecular flexibility index (Phi) is 4.48. The van der Waals surface area contributed by atoms with Gasteiger partial charge in [0.1, 0.15) is 23.9 Å². The van der Waals surface area contributed by atoms with E-state index < -0.39 is 0 Å². The largest absolute Gasteiger partial charge is 0.497 e. The number of benzene rings is 2. The first-order valence-electron chi connectivity index (χ1n) is 7.38. The Morgan fingerprint density at radius 1 is 1.17 bits per heavy atom. The molecule has 0 radical (unpaired) electrons. The number of rotatable bonds is 5. The van der Waals surface area contributed by atoms with E-state index in [0.29, 0.717) is 23.5 Å². The van der Waals surface area contributed by atoms with Crippen molar-refractivity contribution < 1.29 is 19.0 Å². The fourth-order valence-electron chi connectivity index (χ4n) is 2.57. The molecule has 0 saturated heterocycles. The molecule has 0 aliphatic carbocycles. The molecule has 0 amide bonds. The molecule has 0 saturated carbocycles. The SMILES string of the molecule is COc1ccc(C2=Cc3c(F)ccc(OCCO)c3NC2)cc1. The van der Waals surface area contributed by atoms with Crippen molar-refractivity contribution in [1.82, 2.24) is 0 Å². The molecular weight excluding hydrogens is 297 g/mol. The first kappa shape index (κ1) is 15.4. The summed E-state index contributed by atoms with van der Waals surface area (Å²) in [6.45, 7) is 0.659. The molecule has 0 bridgehead atoms. The summed E-state index contributed by atoms with van der Waals surface area (Å²) in [6.07, 6.45) is 1.83. The molecule has 4 nitrogen and oxygen atoms in total. The quantitative estimate of drug-likeness (QED) is 0.890. The van der Waals surface area contributed by atoms with Gasteiger partial charge in [-0.2, -0.15) is 0 Å². The van der Waals surface area contributed by atoms with Gasteiger partial charge in [0, 0.05) is 12.1 Å². The van der Waals surface area contributed by atoms with E-state index in [-0.39, 0.29) is 19.0 Å². The maximum Gasteiger partial charge on any atom is 0.143 e. The third-order valence-corrected chi connectivity index (χ3v) is 3.74. The molecule has 23 heavy (non-hydrogen) atoms. The first-order chi connectivity index (χ1) is 11.2. The Balaban J connectivity index is 1.96. The van der Waals surface area contributed by atoms with Crippen LogP contribution in [0.5, 0.6) is 11.5 Å². The van der Waals surface area contributed by atoms with E-state index in [2.05, 4.69) is 5.32 Å². The zero-order chi connectivity index (χ0) is 16.2. The standard InChI is InChI=1S/C18H18FNO3/c1-22-14-4-2-12(3-5-14)13-10-15-16(19)6-7-17(23-9-8-21)18(15)20-11-13/h2-7,10,20-21H,8-9,11H2,1H3. The van der Waals surface area contributed by atoms with Crippen LogP contribution in [0, 0.1) is 5.82 Å². The van der Waals surface area contributed by atoms with Crippen molar-refractivity contribution in [3.63, 3.8) is 0 Å². The van der Waals surface area contributed by atoms with Crippen LogP contribution in [0.25, 0.3) is 11.6 Å². The summed E-state index contributed by atoms with van der Waals surface area (Å²) < 4.78 is 24.8. The number of halogens is 1. The zero-order valence-corrected chi connectivity index (χ0v) is 12.8. The van der Waals surface area contributed by atoms with Crippen LogP contribution in [0.15, 0.2) is 36.4 Å². The number of anilines is 1. The summed E-state index contributed by atoms with van der Waals surface area (Å²) in [5, 5.41) is 12.1. The second-order valence-corrected chi connectivity index (χ2v) is 5.16. The van der Waals surface area contributed by atoms with Crippen molar-refractivity contribution in [3.8, 4) is 11.5 Å². The van der Waals surface area contributed by atoms with Crippen LogP contribution in [0.1, 0.15) is 11.1 Å². The summed E-state index contributed by atoms with van der Waals surface area (Å²) in [5.74, 6) is 1.01. The second kappa shape index (κ2) is 6.71. The number of hydrogen-bond acceptors (Lipinski definition) is 4. The van der Waals surface area contributed by atoms with E-state index in [4.69, 9.17) is 14.6 Å². The average molecular weight is 315 g/mol. The number of aliphatic hydroxyl groups is 1. The zero-order valence-electron chi connectivity index (χ0n) is 12.8. The lowest BCUT2D eigenvalue weighted by Gasteiger charge is -2.22. The Bertz CT molecular complexity index is 726. The lowest BCUT2D eigenvalue weighted by molar-refractivity contribution is 0.202. The Labute approximate surface area is 134 Å². The highest BCUT2D eigenvalue weighted by Crippen LogP contribution is 2.37. The molecule has 1 aliphatic heterocycles. The molecule has 120 valence electrons. The molecule has 0 aromatic heterocycles. The summed E-state index contributed by atoms with van der Waals surface area (Å²) in [4.78, 5) is 0. The van der Waals surface area contributed by atoms with Crippen LogP contribution in [0.3, 0.4) is 0 Å². The molecule has 2 aromatic carbocycles. The Morgan fingerprint density at radius 3 is 2.65 bits per heavy atom. The summed E-state index contributed by atoms with van der Waals surface area (Å²) in [5.41, 5.74) is 3.08. The van der Waals surface area contributed by atoms with Gasteiger partial charge in [-0.25, -0.2) is 4.39 Å². The van der Waals surface area contributed by atoms with Gasteiger partial charge in [-0.05, 0) is 41.5 Å². The minimum absolute atomic E-state index is 0.0842. The van der Waals surface area contributed by atoms with Gasteiger partial charge in [0.2, 0.25) is 0 Å². The van der Waals surface area contributed by atoms with Crippen LogP contribution >= 0.6 is 0 Å². The highest BCUT2D eigenvalue weighted by molar-refractivity contribution is 5.92. The topological polar surface area (TPSA) is 50.7 Å². The Morgan fingerprint density at radius 2 is 1.96 bits per heavy atom. The monoisotopic (exact) mass is 315 g/mol. The number of nitrogens with one attached hydrogen (secondary N) is 1. The van der Waals surface area contributed by atoms with Crippen LogP contribution in [0.4, 0.5) is 10.1 Å². The normalized spacial score (nSPS) is 12.9. The van der Waals surface area contributed by atoms with E-state index in [1.54, 1.807) is 13.2 Å². The van der Waals surface area contributed by atoms with Gasteiger partial charge in [0.25, 0.3) is 0 Å². The van der Waals surface area contributed by atoms with Crippen molar-refractivity contribution in [1.29, 1.82) is 0 Å².